The van der Waals surface area contributed by atoms with Crippen molar-refractivity contribution in [3.63, 3.8) is 0 Å². The maximum Gasteiger partial charge on any atom is 0.128 e. The number of hydrogen-bond acceptors (Lipinski definition) is 3. The Hall–Kier alpha value is -1.33. The Balaban J connectivity index is 2.50. The Morgan fingerprint density at radius 1 is 1.44 bits per heavy atom. The summed E-state index contributed by atoms with van der Waals surface area (Å²) in [6.45, 7) is 2.59. The van der Waals surface area contributed by atoms with Gasteiger partial charge in [0.15, 0.2) is 0 Å². The molecule has 0 radical (unpaired) electrons. The minimum atomic E-state index is 0.585. The monoisotopic (exact) mass is 309 g/mol. The van der Waals surface area contributed by atoms with E-state index in [1.54, 1.807) is 7.11 Å². The third kappa shape index (κ3) is 2.57. The summed E-state index contributed by atoms with van der Waals surface area (Å²) in [4.78, 5) is 7.84. The van der Waals surface area contributed by atoms with E-state index in [4.69, 9.17) is 10.5 Å². The molecule has 0 bridgehead atoms. The molecule has 1 heterocycles. The Kier molecular flexibility index (Phi) is 4.04. The van der Waals surface area contributed by atoms with Crippen LogP contribution in [0.3, 0.4) is 0 Å². The fourth-order valence-electron chi connectivity index (χ4n) is 1.91. The zero-order valence-corrected chi connectivity index (χ0v) is 12.0. The lowest BCUT2D eigenvalue weighted by Gasteiger charge is -2.07. The predicted octanol–water partition coefficient (Wildman–Crippen LogP) is 2.66. The van der Waals surface area contributed by atoms with E-state index in [1.165, 1.54) is 0 Å². The number of aromatic amines is 1. The van der Waals surface area contributed by atoms with Crippen molar-refractivity contribution < 1.29 is 4.74 Å². The van der Waals surface area contributed by atoms with Crippen LogP contribution in [0.4, 0.5) is 0 Å². The minimum Gasteiger partial charge on any atom is -0.496 e. The Morgan fingerprint density at radius 2 is 2.22 bits per heavy atom. The van der Waals surface area contributed by atoms with Gasteiger partial charge in [-0.15, -0.1) is 0 Å². The van der Waals surface area contributed by atoms with Crippen LogP contribution in [0.15, 0.2) is 22.7 Å². The van der Waals surface area contributed by atoms with Crippen molar-refractivity contribution in [1.29, 1.82) is 0 Å². The summed E-state index contributed by atoms with van der Waals surface area (Å²) in [5, 5.41) is 0. The van der Waals surface area contributed by atoms with Crippen LogP contribution in [0.2, 0.25) is 0 Å². The highest BCUT2D eigenvalue weighted by atomic mass is 79.9. The summed E-state index contributed by atoms with van der Waals surface area (Å²) in [6.07, 6.45) is 0.747. The fraction of sp³-hybridized carbons (Fsp3) is 0.308. The van der Waals surface area contributed by atoms with Crippen LogP contribution in [0.25, 0.3) is 11.3 Å². The van der Waals surface area contributed by atoms with Gasteiger partial charge in [0.25, 0.3) is 0 Å². The molecule has 0 aliphatic heterocycles. The third-order valence-corrected chi connectivity index (χ3v) is 3.22. The van der Waals surface area contributed by atoms with Gasteiger partial charge in [-0.1, -0.05) is 15.9 Å². The van der Waals surface area contributed by atoms with Crippen LogP contribution in [0.1, 0.15) is 11.5 Å². The normalized spacial score (nSPS) is 10.7. The van der Waals surface area contributed by atoms with Crippen molar-refractivity contribution >= 4 is 15.9 Å². The molecule has 0 fully saturated rings. The van der Waals surface area contributed by atoms with Crippen molar-refractivity contribution in [1.82, 2.24) is 9.97 Å². The molecule has 2 aromatic rings. The smallest absolute Gasteiger partial charge is 0.128 e. The molecule has 1 aromatic heterocycles. The first kappa shape index (κ1) is 13.1. The Morgan fingerprint density at radius 3 is 2.89 bits per heavy atom. The number of nitrogens with one attached hydrogen (secondary N) is 1. The summed E-state index contributed by atoms with van der Waals surface area (Å²) < 4.78 is 6.38. The molecule has 0 aliphatic rings. The van der Waals surface area contributed by atoms with Crippen molar-refractivity contribution in [3.05, 3.63) is 34.2 Å². The maximum atomic E-state index is 5.55. The fourth-order valence-corrected chi connectivity index (χ4v) is 2.27. The molecule has 0 saturated heterocycles. The lowest BCUT2D eigenvalue weighted by molar-refractivity contribution is 0.416. The topological polar surface area (TPSA) is 63.9 Å². The number of ether oxygens (including phenoxy) is 1. The van der Waals surface area contributed by atoms with E-state index in [1.807, 2.05) is 25.1 Å². The summed E-state index contributed by atoms with van der Waals surface area (Å²) >= 11 is 3.47. The average molecular weight is 310 g/mol. The van der Waals surface area contributed by atoms with E-state index in [-0.39, 0.29) is 0 Å². The third-order valence-electron chi connectivity index (χ3n) is 2.73. The van der Waals surface area contributed by atoms with Crippen molar-refractivity contribution in [2.75, 3.05) is 13.7 Å². The summed E-state index contributed by atoms with van der Waals surface area (Å²) in [5.41, 5.74) is 8.46. The number of hydrogen-bond donors (Lipinski definition) is 2. The zero-order chi connectivity index (χ0) is 13.1. The molecule has 0 saturated carbocycles. The predicted molar refractivity (Wildman–Crippen MR) is 75.8 cm³/mol. The van der Waals surface area contributed by atoms with Crippen molar-refractivity contribution in [3.8, 4) is 17.0 Å². The van der Waals surface area contributed by atoms with E-state index < -0.39 is 0 Å². The lowest BCUT2D eigenvalue weighted by atomic mass is 10.1. The number of aryl methyl sites for hydroxylation is 1. The molecule has 0 amide bonds. The number of nitrogens with two attached hydrogens (primary N) is 1. The highest BCUT2D eigenvalue weighted by molar-refractivity contribution is 9.10. The molecule has 0 spiro atoms. The number of halogens is 1. The SMILES string of the molecule is COc1ccc(Br)cc1-c1nc(CCN)[nH]c1C. The Labute approximate surface area is 115 Å². The van der Waals surface area contributed by atoms with E-state index in [9.17, 15) is 0 Å². The first-order valence-electron chi connectivity index (χ1n) is 5.75. The largest absolute Gasteiger partial charge is 0.496 e. The minimum absolute atomic E-state index is 0.585. The van der Waals surface area contributed by atoms with Gasteiger partial charge in [-0.25, -0.2) is 4.98 Å². The van der Waals surface area contributed by atoms with E-state index >= 15 is 0 Å². The van der Waals surface area contributed by atoms with Gasteiger partial charge in [0.1, 0.15) is 11.6 Å². The number of aromatic nitrogens is 2. The second kappa shape index (κ2) is 5.54. The standard InChI is InChI=1S/C13H16BrN3O/c1-8-13(17-12(16-8)5-6-15)10-7-9(14)3-4-11(10)18-2/h3-4,7H,5-6,15H2,1-2H3,(H,16,17). The number of methoxy groups -OCH3 is 1. The number of imidazole rings is 1. The number of rotatable bonds is 4. The van der Waals surface area contributed by atoms with Crippen LogP contribution in [0, 0.1) is 6.92 Å². The molecule has 5 heteroatoms. The van der Waals surface area contributed by atoms with Gasteiger partial charge in [-0.05, 0) is 31.7 Å². The zero-order valence-electron chi connectivity index (χ0n) is 10.5. The molecule has 96 valence electrons. The molecule has 0 unspecified atom stereocenters. The van der Waals surface area contributed by atoms with Gasteiger partial charge in [0.05, 0.1) is 12.8 Å². The number of benzene rings is 1. The van der Waals surface area contributed by atoms with Gasteiger partial charge in [0.2, 0.25) is 0 Å². The summed E-state index contributed by atoms with van der Waals surface area (Å²) in [5.74, 6) is 1.72. The van der Waals surface area contributed by atoms with Crippen LogP contribution in [0.5, 0.6) is 5.75 Å². The van der Waals surface area contributed by atoms with E-state index in [0.29, 0.717) is 6.54 Å². The van der Waals surface area contributed by atoms with Gasteiger partial charge in [-0.3, -0.25) is 0 Å². The van der Waals surface area contributed by atoms with Crippen LogP contribution in [-0.2, 0) is 6.42 Å². The van der Waals surface area contributed by atoms with Gasteiger partial charge >= 0.3 is 0 Å². The van der Waals surface area contributed by atoms with Crippen molar-refractivity contribution in [2.24, 2.45) is 5.73 Å². The molecule has 3 N–H and O–H groups in total. The second-order valence-corrected chi connectivity index (χ2v) is 4.96. The highest BCUT2D eigenvalue weighted by Crippen LogP contribution is 2.33. The first-order chi connectivity index (χ1) is 8.65. The average Bonchev–Trinajstić information content (AvgIpc) is 2.70. The Bertz CT molecular complexity index is 551. The van der Waals surface area contributed by atoms with Crippen LogP contribution >= 0.6 is 15.9 Å². The molecule has 18 heavy (non-hydrogen) atoms. The van der Waals surface area contributed by atoms with Gasteiger partial charge < -0.3 is 15.5 Å². The van der Waals surface area contributed by atoms with Crippen molar-refractivity contribution in [2.45, 2.75) is 13.3 Å². The molecule has 4 nitrogen and oxygen atoms in total. The number of H-pyrrole nitrogens is 1. The molecule has 0 aliphatic carbocycles. The van der Waals surface area contributed by atoms with Crippen LogP contribution in [-0.4, -0.2) is 23.6 Å². The maximum absolute atomic E-state index is 5.55. The molecular weight excluding hydrogens is 294 g/mol. The van der Waals surface area contributed by atoms with E-state index in [0.717, 1.165) is 39.4 Å². The summed E-state index contributed by atoms with van der Waals surface area (Å²) in [7, 11) is 1.66. The quantitative estimate of drug-likeness (QED) is 0.912. The molecule has 1 aromatic carbocycles. The second-order valence-electron chi connectivity index (χ2n) is 4.04. The first-order valence-corrected chi connectivity index (χ1v) is 6.54. The van der Waals surface area contributed by atoms with E-state index in [2.05, 4.69) is 25.9 Å². The number of nitrogens with zero attached hydrogens (tertiary/aromatic N) is 1. The van der Waals surface area contributed by atoms with Gasteiger partial charge in [-0.2, -0.15) is 0 Å². The molecule has 0 atom stereocenters. The van der Waals surface area contributed by atoms with Gasteiger partial charge in [0, 0.05) is 22.2 Å². The molecular formula is C13H16BrN3O. The van der Waals surface area contributed by atoms with Crippen LogP contribution < -0.4 is 10.5 Å². The summed E-state index contributed by atoms with van der Waals surface area (Å²) in [6, 6.07) is 5.88. The lowest BCUT2D eigenvalue weighted by Crippen LogP contribution is -2.03. The molecule has 2 rings (SSSR count). The highest BCUT2D eigenvalue weighted by Gasteiger charge is 2.13.